The first-order chi connectivity index (χ1) is 18.0. The highest BCUT2D eigenvalue weighted by atomic mass is 127. The number of halogens is 1. The second-order valence-corrected chi connectivity index (χ2v) is 9.62. The predicted octanol–water partition coefficient (Wildman–Crippen LogP) is 2.30. The lowest BCUT2D eigenvalue weighted by atomic mass is 10.2. The normalized spacial score (nSPS) is 11.8. The molecule has 0 heterocycles. The van der Waals surface area contributed by atoms with Gasteiger partial charge in [-0.05, 0) is 20.8 Å². The number of esters is 1. The van der Waals surface area contributed by atoms with E-state index in [9.17, 15) is 4.79 Å². The maximum absolute atomic E-state index is 11.5. The molecule has 0 saturated carbocycles. The standard InChI is InChI=1S/C25H49IO11/c1-25(2,3)37-24(27)4-6-28-8-10-30-12-14-32-16-18-34-20-22-36-23-21-35-19-17-33-15-13-31-11-9-29-7-5-26/h4-23H2,1-3H3. The van der Waals surface area contributed by atoms with E-state index in [2.05, 4.69) is 22.6 Å². The van der Waals surface area contributed by atoms with Crippen LogP contribution in [-0.2, 0) is 52.2 Å². The molecule has 11 nitrogen and oxygen atoms in total. The monoisotopic (exact) mass is 652 g/mol. The largest absolute Gasteiger partial charge is 0.460 e. The Kier molecular flexibility index (Phi) is 28.7. The molecular formula is C25H49IO11. The van der Waals surface area contributed by atoms with E-state index >= 15 is 0 Å². The van der Waals surface area contributed by atoms with Gasteiger partial charge in [0, 0.05) is 4.43 Å². The van der Waals surface area contributed by atoms with E-state index in [-0.39, 0.29) is 12.4 Å². The molecule has 222 valence electrons. The third-order valence-electron chi connectivity index (χ3n) is 4.07. The summed E-state index contributed by atoms with van der Waals surface area (Å²) in [5.74, 6) is -0.261. The molecule has 0 aliphatic carbocycles. The first-order valence-corrected chi connectivity index (χ1v) is 14.5. The number of hydrogen-bond acceptors (Lipinski definition) is 11. The number of alkyl halides is 1. The van der Waals surface area contributed by atoms with Crippen molar-refractivity contribution in [3.05, 3.63) is 0 Å². The van der Waals surface area contributed by atoms with E-state index in [1.54, 1.807) is 0 Å². The summed E-state index contributed by atoms with van der Waals surface area (Å²) in [5, 5.41) is 0. The third-order valence-corrected chi connectivity index (χ3v) is 4.51. The van der Waals surface area contributed by atoms with Gasteiger partial charge < -0.3 is 47.4 Å². The molecule has 37 heavy (non-hydrogen) atoms. The molecule has 0 spiro atoms. The van der Waals surface area contributed by atoms with Crippen LogP contribution < -0.4 is 0 Å². The summed E-state index contributed by atoms with van der Waals surface area (Å²) in [6.45, 7) is 14.9. The minimum atomic E-state index is -0.467. The molecule has 0 radical (unpaired) electrons. The fraction of sp³-hybridized carbons (Fsp3) is 0.960. The van der Waals surface area contributed by atoms with Crippen molar-refractivity contribution in [1.82, 2.24) is 0 Å². The number of carbonyl (C=O) groups excluding carboxylic acids is 1. The van der Waals surface area contributed by atoms with Crippen LogP contribution in [0, 0.1) is 0 Å². The fourth-order valence-electron chi connectivity index (χ4n) is 2.46. The van der Waals surface area contributed by atoms with Crippen LogP contribution in [0.4, 0.5) is 0 Å². The van der Waals surface area contributed by atoms with Gasteiger partial charge in [-0.2, -0.15) is 0 Å². The Bertz CT molecular complexity index is 478. The van der Waals surface area contributed by atoms with Crippen molar-refractivity contribution in [2.24, 2.45) is 0 Å². The van der Waals surface area contributed by atoms with Gasteiger partial charge in [0.2, 0.25) is 0 Å². The second-order valence-electron chi connectivity index (χ2n) is 8.54. The minimum absolute atomic E-state index is 0.238. The van der Waals surface area contributed by atoms with Gasteiger partial charge in [-0.15, -0.1) is 0 Å². The molecule has 0 aromatic heterocycles. The van der Waals surface area contributed by atoms with Gasteiger partial charge in [-0.3, -0.25) is 4.79 Å². The van der Waals surface area contributed by atoms with Crippen molar-refractivity contribution in [3.8, 4) is 0 Å². The third kappa shape index (κ3) is 33.8. The lowest BCUT2D eigenvalue weighted by Gasteiger charge is -2.19. The average molecular weight is 653 g/mol. The Hall–Kier alpha value is -0.160. The van der Waals surface area contributed by atoms with E-state index in [1.807, 2.05) is 20.8 Å². The van der Waals surface area contributed by atoms with Crippen LogP contribution in [0.3, 0.4) is 0 Å². The van der Waals surface area contributed by atoms with Gasteiger partial charge in [0.1, 0.15) is 5.60 Å². The summed E-state index contributed by atoms with van der Waals surface area (Å²) < 4.78 is 54.8. The molecule has 0 saturated heterocycles. The first-order valence-electron chi connectivity index (χ1n) is 12.9. The maximum Gasteiger partial charge on any atom is 0.308 e. The predicted molar refractivity (Wildman–Crippen MR) is 147 cm³/mol. The van der Waals surface area contributed by atoms with E-state index in [4.69, 9.17) is 47.4 Å². The molecule has 0 fully saturated rings. The van der Waals surface area contributed by atoms with Crippen LogP contribution in [-0.4, -0.2) is 135 Å². The van der Waals surface area contributed by atoms with Crippen LogP contribution in [0.15, 0.2) is 0 Å². The number of ether oxygens (including phenoxy) is 10. The van der Waals surface area contributed by atoms with E-state index in [0.29, 0.717) is 112 Å². The van der Waals surface area contributed by atoms with Crippen molar-refractivity contribution in [2.75, 3.05) is 123 Å². The molecule has 0 bridgehead atoms. The van der Waals surface area contributed by atoms with Crippen LogP contribution in [0.25, 0.3) is 0 Å². The lowest BCUT2D eigenvalue weighted by molar-refractivity contribution is -0.156. The molecule has 0 atom stereocenters. The van der Waals surface area contributed by atoms with Gasteiger partial charge in [0.15, 0.2) is 0 Å². The minimum Gasteiger partial charge on any atom is -0.460 e. The lowest BCUT2D eigenvalue weighted by Crippen LogP contribution is -2.24. The molecule has 0 N–H and O–H groups in total. The first kappa shape index (κ1) is 36.8. The Morgan fingerprint density at radius 2 is 0.703 bits per heavy atom. The van der Waals surface area contributed by atoms with Gasteiger partial charge in [0.25, 0.3) is 0 Å². The summed E-state index contributed by atoms with van der Waals surface area (Å²) in [7, 11) is 0. The highest BCUT2D eigenvalue weighted by Crippen LogP contribution is 2.08. The molecule has 12 heteroatoms. The van der Waals surface area contributed by atoms with Crippen molar-refractivity contribution < 1.29 is 52.2 Å². The van der Waals surface area contributed by atoms with Crippen molar-refractivity contribution in [3.63, 3.8) is 0 Å². The zero-order valence-corrected chi connectivity index (χ0v) is 25.2. The molecule has 0 aliphatic heterocycles. The van der Waals surface area contributed by atoms with E-state index < -0.39 is 5.60 Å². The molecule has 0 rings (SSSR count). The Labute approximate surface area is 236 Å². The van der Waals surface area contributed by atoms with Crippen molar-refractivity contribution in [1.29, 1.82) is 0 Å². The van der Waals surface area contributed by atoms with Crippen molar-refractivity contribution >= 4 is 28.6 Å². The van der Waals surface area contributed by atoms with E-state index in [1.165, 1.54) is 0 Å². The summed E-state index contributed by atoms with van der Waals surface area (Å²) >= 11 is 2.27. The summed E-state index contributed by atoms with van der Waals surface area (Å²) in [5.41, 5.74) is -0.467. The molecule has 0 aromatic carbocycles. The smallest absolute Gasteiger partial charge is 0.308 e. The van der Waals surface area contributed by atoms with Crippen LogP contribution in [0.5, 0.6) is 0 Å². The highest BCUT2D eigenvalue weighted by molar-refractivity contribution is 14.1. The number of carbonyl (C=O) groups is 1. The molecule has 0 aliphatic rings. The van der Waals surface area contributed by atoms with Gasteiger partial charge in [-0.1, -0.05) is 22.6 Å². The summed E-state index contributed by atoms with van der Waals surface area (Å²) in [6.07, 6.45) is 0.238. The highest BCUT2D eigenvalue weighted by Gasteiger charge is 2.15. The summed E-state index contributed by atoms with van der Waals surface area (Å²) in [4.78, 5) is 11.5. The van der Waals surface area contributed by atoms with Gasteiger partial charge in [0.05, 0.1) is 125 Å². The zero-order valence-electron chi connectivity index (χ0n) is 23.0. The van der Waals surface area contributed by atoms with Crippen LogP contribution in [0.2, 0.25) is 0 Å². The zero-order chi connectivity index (χ0) is 27.3. The number of hydrogen-bond donors (Lipinski definition) is 0. The maximum atomic E-state index is 11.5. The van der Waals surface area contributed by atoms with E-state index in [0.717, 1.165) is 11.0 Å². The second kappa shape index (κ2) is 28.8. The number of rotatable bonds is 29. The molecular weight excluding hydrogens is 603 g/mol. The fourth-order valence-corrected chi connectivity index (χ4v) is 2.78. The molecule has 0 amide bonds. The molecule has 0 unspecified atom stereocenters. The van der Waals surface area contributed by atoms with Crippen molar-refractivity contribution in [2.45, 2.75) is 32.8 Å². The molecule has 0 aromatic rings. The quantitative estimate of drug-likeness (QED) is 0.0514. The van der Waals surface area contributed by atoms with Crippen LogP contribution >= 0.6 is 22.6 Å². The topological polar surface area (TPSA) is 109 Å². The Morgan fingerprint density at radius 1 is 0.459 bits per heavy atom. The van der Waals surface area contributed by atoms with Gasteiger partial charge >= 0.3 is 5.97 Å². The SMILES string of the molecule is CC(C)(C)OC(=O)CCOCCOCCOCCOCCOCCOCCOCCOCCOCCI. The summed E-state index contributed by atoms with van der Waals surface area (Å²) in [6, 6.07) is 0. The Balaban J connectivity index is 3.09. The van der Waals surface area contributed by atoms with Crippen LogP contribution in [0.1, 0.15) is 27.2 Å². The van der Waals surface area contributed by atoms with Gasteiger partial charge in [-0.25, -0.2) is 0 Å². The average Bonchev–Trinajstić information content (AvgIpc) is 2.84. The Morgan fingerprint density at radius 3 is 0.946 bits per heavy atom.